The summed E-state index contributed by atoms with van der Waals surface area (Å²) < 4.78 is 9.98. The number of rotatable bonds is 4. The van der Waals surface area contributed by atoms with E-state index in [0.717, 1.165) is 6.54 Å². The Morgan fingerprint density at radius 3 is 2.58 bits per heavy atom. The molecule has 0 aromatic carbocycles. The largest absolute Gasteiger partial charge is 0.386 e. The summed E-state index contributed by atoms with van der Waals surface area (Å²) >= 11 is 0. The monoisotopic (exact) mass is 314 g/mol. The molecule has 3 nitrogen and oxygen atoms in total. The second-order valence-electron chi connectivity index (χ2n) is 2.79. The summed E-state index contributed by atoms with van der Waals surface area (Å²) in [7, 11) is 0.00229. The van der Waals surface area contributed by atoms with Crippen molar-refractivity contribution in [1.82, 2.24) is 9.99 Å². The van der Waals surface area contributed by atoms with E-state index in [0.29, 0.717) is 0 Å². The van der Waals surface area contributed by atoms with Crippen LogP contribution in [0.4, 0.5) is 0 Å². The molecule has 5 heteroatoms. The van der Waals surface area contributed by atoms with Gasteiger partial charge in [0.05, 0.1) is 0 Å². The Kier molecular flexibility index (Phi) is 9.99. The van der Waals surface area contributed by atoms with E-state index in [-0.39, 0.29) is 49.9 Å². The molecule has 12 heavy (non-hydrogen) atoms. The van der Waals surface area contributed by atoms with E-state index in [1.165, 1.54) is 32.4 Å². The van der Waals surface area contributed by atoms with Crippen LogP contribution in [0.5, 0.6) is 0 Å². The Hall–Kier alpha value is 1.38. The molecule has 0 aliphatic carbocycles. The summed E-state index contributed by atoms with van der Waals surface area (Å²) in [4.78, 5) is 2.36. The standard InChI is InChI=1S/C7H14N2OP.Pr/c10-11-8-4-7-9-5-2-1-3-6-9;/h4H,1-3,5-7H2,(H,8,10);/q-1;. The SMILES string of the molecule is O=PN[CH-]CN1CCCCC1.[Pr]. The van der Waals surface area contributed by atoms with E-state index in [1.807, 2.05) is 6.54 Å². The molecule has 1 fully saturated rings. The van der Waals surface area contributed by atoms with Crippen molar-refractivity contribution in [2.45, 2.75) is 19.3 Å². The minimum atomic E-state index is 0. The predicted molar refractivity (Wildman–Crippen MR) is 45.3 cm³/mol. The molecular formula is C7H14N2OPPr-. The number of nitrogens with one attached hydrogen (secondary N) is 1. The number of piperidine rings is 1. The van der Waals surface area contributed by atoms with Crippen molar-refractivity contribution >= 4 is 8.61 Å². The van der Waals surface area contributed by atoms with Crippen LogP contribution in [-0.2, 0) is 4.57 Å². The molecule has 1 rings (SSSR count). The zero-order chi connectivity index (χ0) is 7.94. The molecule has 1 N–H and O–H groups in total. The Balaban J connectivity index is 0.00000121. The van der Waals surface area contributed by atoms with Crippen molar-refractivity contribution in [1.29, 1.82) is 0 Å². The summed E-state index contributed by atoms with van der Waals surface area (Å²) in [6.07, 6.45) is 3.98. The van der Waals surface area contributed by atoms with Crippen LogP contribution in [0.1, 0.15) is 19.3 Å². The fraction of sp³-hybridized carbons (Fsp3) is 0.857. The number of hydrogen-bond donors (Lipinski definition) is 1. The third-order valence-corrected chi connectivity index (χ3v) is 2.23. The first-order valence-corrected chi connectivity index (χ1v) is 4.86. The first-order chi connectivity index (χ1) is 5.43. The maximum atomic E-state index is 9.98. The fourth-order valence-electron chi connectivity index (χ4n) is 1.35. The Morgan fingerprint density at radius 1 is 1.33 bits per heavy atom. The Morgan fingerprint density at radius 2 is 2.00 bits per heavy atom. The van der Waals surface area contributed by atoms with Gasteiger partial charge in [0.15, 0.2) is 0 Å². The minimum absolute atomic E-state index is 0. The van der Waals surface area contributed by atoms with Crippen LogP contribution in [0, 0.1) is 47.8 Å². The van der Waals surface area contributed by atoms with Crippen LogP contribution in [0.15, 0.2) is 0 Å². The molecule has 1 heterocycles. The average Bonchev–Trinajstić information content (AvgIpc) is 2.07. The normalized spacial score (nSPS) is 19.0. The second kappa shape index (κ2) is 8.96. The molecule has 0 bridgehead atoms. The first kappa shape index (κ1) is 13.4. The summed E-state index contributed by atoms with van der Waals surface area (Å²) in [5.74, 6) is 0. The molecule has 1 aliphatic heterocycles. The summed E-state index contributed by atoms with van der Waals surface area (Å²) in [6.45, 7) is 5.14. The first-order valence-electron chi connectivity index (χ1n) is 4.05. The van der Waals surface area contributed by atoms with Gasteiger partial charge < -0.3 is 9.99 Å². The van der Waals surface area contributed by atoms with Gasteiger partial charge in [-0.1, -0.05) is 6.42 Å². The van der Waals surface area contributed by atoms with Crippen molar-refractivity contribution in [3.63, 3.8) is 0 Å². The topological polar surface area (TPSA) is 32.3 Å². The van der Waals surface area contributed by atoms with Crippen molar-refractivity contribution in [2.75, 3.05) is 19.6 Å². The third-order valence-electron chi connectivity index (χ3n) is 1.94. The Bertz CT molecular complexity index is 120. The van der Waals surface area contributed by atoms with Gasteiger partial charge >= 0.3 is 0 Å². The van der Waals surface area contributed by atoms with Gasteiger partial charge in [0.1, 0.15) is 0 Å². The van der Waals surface area contributed by atoms with Crippen LogP contribution in [0.25, 0.3) is 0 Å². The summed E-state index contributed by atoms with van der Waals surface area (Å²) in [5, 5.41) is 2.65. The van der Waals surface area contributed by atoms with Crippen LogP contribution in [-0.4, -0.2) is 24.5 Å². The average molecular weight is 314 g/mol. The van der Waals surface area contributed by atoms with Crippen molar-refractivity contribution in [2.24, 2.45) is 0 Å². The van der Waals surface area contributed by atoms with Gasteiger partial charge in [0.2, 0.25) is 8.61 Å². The van der Waals surface area contributed by atoms with Crippen molar-refractivity contribution in [3.8, 4) is 0 Å². The Labute approximate surface area is 109 Å². The molecule has 1 saturated heterocycles. The zero-order valence-electron chi connectivity index (χ0n) is 7.20. The molecule has 0 aromatic rings. The van der Waals surface area contributed by atoms with Gasteiger partial charge in [-0.15, -0.1) is 6.54 Å². The van der Waals surface area contributed by atoms with Crippen LogP contribution in [0.2, 0.25) is 0 Å². The molecular weight excluding hydrogens is 300 g/mol. The number of hydrogen-bond acceptors (Lipinski definition) is 2. The molecule has 0 amide bonds. The van der Waals surface area contributed by atoms with E-state index in [4.69, 9.17) is 0 Å². The van der Waals surface area contributed by atoms with Gasteiger partial charge in [-0.05, 0) is 25.9 Å². The van der Waals surface area contributed by atoms with Gasteiger partial charge in [-0.25, -0.2) is 6.54 Å². The number of nitrogens with zero attached hydrogens (tertiary/aromatic N) is 1. The summed E-state index contributed by atoms with van der Waals surface area (Å²) in [6, 6.07) is 0. The van der Waals surface area contributed by atoms with Crippen LogP contribution in [0.3, 0.4) is 0 Å². The number of likely N-dealkylation sites (tertiary alicyclic amines) is 1. The van der Waals surface area contributed by atoms with Gasteiger partial charge in [-0.3, -0.25) is 4.57 Å². The van der Waals surface area contributed by atoms with E-state index < -0.39 is 0 Å². The van der Waals surface area contributed by atoms with Crippen LogP contribution >= 0.6 is 8.61 Å². The zero-order valence-corrected chi connectivity index (χ0v) is 11.8. The van der Waals surface area contributed by atoms with E-state index >= 15 is 0 Å². The van der Waals surface area contributed by atoms with Gasteiger partial charge in [0, 0.05) is 41.3 Å². The molecule has 0 aromatic heterocycles. The van der Waals surface area contributed by atoms with Crippen molar-refractivity contribution in [3.05, 3.63) is 6.54 Å². The molecule has 67 valence electrons. The maximum Gasteiger partial charge on any atom is 0.213 e. The van der Waals surface area contributed by atoms with E-state index in [1.54, 1.807) is 0 Å². The molecule has 1 radical (unpaired) electrons. The quantitative estimate of drug-likeness (QED) is 0.484. The molecule has 0 atom stereocenters. The summed E-state index contributed by atoms with van der Waals surface area (Å²) in [5.41, 5.74) is 0. The van der Waals surface area contributed by atoms with Crippen LogP contribution < -0.4 is 5.09 Å². The molecule has 0 spiro atoms. The predicted octanol–water partition coefficient (Wildman–Crippen LogP) is 1.43. The van der Waals surface area contributed by atoms with E-state index in [9.17, 15) is 4.57 Å². The maximum absolute atomic E-state index is 9.98. The van der Waals surface area contributed by atoms with Gasteiger partial charge in [0.25, 0.3) is 0 Å². The third kappa shape index (κ3) is 5.93. The smallest absolute Gasteiger partial charge is 0.213 e. The van der Waals surface area contributed by atoms with Crippen molar-refractivity contribution < 1.29 is 45.9 Å². The second-order valence-corrected chi connectivity index (χ2v) is 3.23. The minimum Gasteiger partial charge on any atom is -0.386 e. The van der Waals surface area contributed by atoms with Gasteiger partial charge in [-0.2, -0.15) is 0 Å². The fourth-order valence-corrected chi connectivity index (χ4v) is 1.51. The molecule has 0 saturated carbocycles. The van der Waals surface area contributed by atoms with E-state index in [2.05, 4.69) is 9.99 Å². The molecule has 0 unspecified atom stereocenters. The molecule has 1 aliphatic rings.